The van der Waals surface area contributed by atoms with Crippen molar-refractivity contribution >= 4 is 16.5 Å². The van der Waals surface area contributed by atoms with Crippen molar-refractivity contribution in [2.45, 2.75) is 12.2 Å². The number of aliphatic hydroxyl groups is 2. The number of rotatable bonds is 5. The van der Waals surface area contributed by atoms with Crippen molar-refractivity contribution < 1.29 is 10.2 Å². The molecule has 8 heteroatoms. The molecule has 0 saturated carbocycles. The van der Waals surface area contributed by atoms with Gasteiger partial charge in [-0.2, -0.15) is 0 Å². The van der Waals surface area contributed by atoms with E-state index in [0.29, 0.717) is 10.7 Å². The van der Waals surface area contributed by atoms with Gasteiger partial charge in [0.15, 0.2) is 5.13 Å². The average molecular weight is 291 g/mol. The van der Waals surface area contributed by atoms with Crippen molar-refractivity contribution in [1.29, 1.82) is 0 Å². The molecule has 4 N–H and O–H groups in total. The number of aliphatic hydroxyl groups excluding tert-OH is 2. The Bertz CT molecular complexity index is 621. The second kappa shape index (κ2) is 6.36. The summed E-state index contributed by atoms with van der Waals surface area (Å²) < 4.78 is 0. The SMILES string of the molecule is [N-]=[N+]=NCC(O)C(O)c1ccc(-c2csc(N)n2)cc1. The van der Waals surface area contributed by atoms with Crippen LogP contribution in [0.5, 0.6) is 0 Å². The summed E-state index contributed by atoms with van der Waals surface area (Å²) >= 11 is 1.35. The van der Waals surface area contributed by atoms with Crippen molar-refractivity contribution in [3.63, 3.8) is 0 Å². The number of aromatic nitrogens is 1. The molecule has 20 heavy (non-hydrogen) atoms. The van der Waals surface area contributed by atoms with Gasteiger partial charge in [-0.1, -0.05) is 29.4 Å². The number of nitrogens with zero attached hydrogens (tertiary/aromatic N) is 4. The molecule has 2 unspecified atom stereocenters. The second-order valence-corrected chi connectivity index (χ2v) is 5.01. The Morgan fingerprint density at radius 2 is 2.05 bits per heavy atom. The highest BCUT2D eigenvalue weighted by molar-refractivity contribution is 7.13. The largest absolute Gasteiger partial charge is 0.390 e. The highest BCUT2D eigenvalue weighted by atomic mass is 32.1. The number of anilines is 1. The predicted molar refractivity (Wildman–Crippen MR) is 76.9 cm³/mol. The molecule has 0 fully saturated rings. The molecule has 0 amide bonds. The van der Waals surface area contributed by atoms with E-state index in [4.69, 9.17) is 11.3 Å². The number of hydrogen-bond acceptors (Lipinski definition) is 6. The highest BCUT2D eigenvalue weighted by Gasteiger charge is 2.17. The number of nitrogens with two attached hydrogens (primary N) is 1. The van der Waals surface area contributed by atoms with E-state index in [2.05, 4.69) is 15.0 Å². The molecule has 0 bridgehead atoms. The smallest absolute Gasteiger partial charge is 0.180 e. The zero-order chi connectivity index (χ0) is 14.5. The monoisotopic (exact) mass is 291 g/mol. The summed E-state index contributed by atoms with van der Waals surface area (Å²) in [6.07, 6.45) is -2.23. The zero-order valence-electron chi connectivity index (χ0n) is 10.4. The van der Waals surface area contributed by atoms with E-state index in [9.17, 15) is 10.2 Å². The molecule has 0 spiro atoms. The molecular weight excluding hydrogens is 278 g/mol. The highest BCUT2D eigenvalue weighted by Crippen LogP contribution is 2.25. The molecule has 1 aromatic carbocycles. The van der Waals surface area contributed by atoms with Crippen molar-refractivity contribution in [3.8, 4) is 11.3 Å². The summed E-state index contributed by atoms with van der Waals surface area (Å²) in [6.45, 7) is -0.179. The number of nitrogen functional groups attached to an aromatic ring is 1. The van der Waals surface area contributed by atoms with Gasteiger partial charge in [-0.05, 0) is 11.1 Å². The van der Waals surface area contributed by atoms with Gasteiger partial charge in [-0.3, -0.25) is 0 Å². The van der Waals surface area contributed by atoms with Crippen LogP contribution in [-0.4, -0.2) is 27.8 Å². The third-order valence-corrected chi connectivity index (χ3v) is 3.44. The van der Waals surface area contributed by atoms with Gasteiger partial charge in [0.1, 0.15) is 6.10 Å². The van der Waals surface area contributed by atoms with Crippen LogP contribution in [0.25, 0.3) is 21.7 Å². The molecule has 1 aromatic heterocycles. The first-order valence-electron chi connectivity index (χ1n) is 5.80. The first-order chi connectivity index (χ1) is 9.61. The van der Waals surface area contributed by atoms with E-state index in [0.717, 1.165) is 11.3 Å². The van der Waals surface area contributed by atoms with Gasteiger partial charge in [0, 0.05) is 15.9 Å². The fourth-order valence-corrected chi connectivity index (χ4v) is 2.29. The van der Waals surface area contributed by atoms with Gasteiger partial charge in [-0.25, -0.2) is 4.98 Å². The molecule has 104 valence electrons. The van der Waals surface area contributed by atoms with Crippen LogP contribution >= 0.6 is 11.3 Å². The van der Waals surface area contributed by atoms with Crippen molar-refractivity contribution in [2.75, 3.05) is 12.3 Å². The minimum Gasteiger partial charge on any atom is -0.390 e. The van der Waals surface area contributed by atoms with Crippen LogP contribution < -0.4 is 5.73 Å². The molecule has 2 rings (SSSR count). The summed E-state index contributed by atoms with van der Waals surface area (Å²) in [5.74, 6) is 0. The zero-order valence-corrected chi connectivity index (χ0v) is 11.2. The third-order valence-electron chi connectivity index (χ3n) is 2.77. The topological polar surface area (TPSA) is 128 Å². The fraction of sp³-hybridized carbons (Fsp3) is 0.250. The van der Waals surface area contributed by atoms with Gasteiger partial charge in [0.2, 0.25) is 0 Å². The lowest BCUT2D eigenvalue weighted by Gasteiger charge is -2.16. The van der Waals surface area contributed by atoms with Crippen LogP contribution in [-0.2, 0) is 0 Å². The Morgan fingerprint density at radius 1 is 1.35 bits per heavy atom. The average Bonchev–Trinajstić information content (AvgIpc) is 2.90. The molecule has 2 atom stereocenters. The normalized spacial score (nSPS) is 13.5. The Hall–Kier alpha value is -2.12. The van der Waals surface area contributed by atoms with Gasteiger partial charge in [0.25, 0.3) is 0 Å². The van der Waals surface area contributed by atoms with E-state index < -0.39 is 12.2 Å². The standard InChI is InChI=1S/C12H13N5O2S/c13-12-16-9(6-20-12)7-1-3-8(4-2-7)11(19)10(18)5-15-17-14/h1-4,6,10-11,18-19H,5H2,(H2,13,16). The number of azide groups is 1. The van der Waals surface area contributed by atoms with Crippen molar-refractivity contribution in [3.05, 3.63) is 45.7 Å². The summed E-state index contributed by atoms with van der Waals surface area (Å²) in [6, 6.07) is 6.95. The predicted octanol–water partition coefficient (Wildman–Crippen LogP) is 2.10. The molecule has 0 radical (unpaired) electrons. The molecule has 2 aromatic rings. The van der Waals surface area contributed by atoms with Crippen LogP contribution in [0.15, 0.2) is 34.8 Å². The molecule has 0 saturated heterocycles. The van der Waals surface area contributed by atoms with Crippen LogP contribution in [0.3, 0.4) is 0 Å². The Balaban J connectivity index is 2.13. The molecule has 0 aliphatic rings. The Morgan fingerprint density at radius 3 is 2.60 bits per heavy atom. The molecule has 0 aliphatic heterocycles. The van der Waals surface area contributed by atoms with E-state index >= 15 is 0 Å². The first kappa shape index (κ1) is 14.3. The van der Waals surface area contributed by atoms with E-state index in [-0.39, 0.29) is 6.54 Å². The lowest BCUT2D eigenvalue weighted by molar-refractivity contribution is 0.0244. The van der Waals surface area contributed by atoms with Crippen LogP contribution in [0, 0.1) is 0 Å². The van der Waals surface area contributed by atoms with Gasteiger partial charge in [-0.15, -0.1) is 11.3 Å². The quantitative estimate of drug-likeness (QED) is 0.442. The van der Waals surface area contributed by atoms with Gasteiger partial charge < -0.3 is 15.9 Å². The molecule has 1 heterocycles. The number of thiazole rings is 1. The fourth-order valence-electron chi connectivity index (χ4n) is 1.71. The maximum Gasteiger partial charge on any atom is 0.180 e. The summed E-state index contributed by atoms with van der Waals surface area (Å²) in [4.78, 5) is 6.70. The maximum absolute atomic E-state index is 9.91. The second-order valence-electron chi connectivity index (χ2n) is 4.12. The summed E-state index contributed by atoms with van der Waals surface area (Å²) in [7, 11) is 0. The minimum atomic E-state index is -1.13. The first-order valence-corrected chi connectivity index (χ1v) is 6.68. The third kappa shape index (κ3) is 3.25. The minimum absolute atomic E-state index is 0.179. The summed E-state index contributed by atoms with van der Waals surface area (Å²) in [5.41, 5.74) is 15.9. The van der Waals surface area contributed by atoms with Gasteiger partial charge in [0.05, 0.1) is 18.3 Å². The van der Waals surface area contributed by atoms with Crippen LogP contribution in [0.4, 0.5) is 5.13 Å². The molecular formula is C12H13N5O2S. The van der Waals surface area contributed by atoms with Crippen LogP contribution in [0.1, 0.15) is 11.7 Å². The lowest BCUT2D eigenvalue weighted by Crippen LogP contribution is -2.21. The molecule has 7 nitrogen and oxygen atoms in total. The lowest BCUT2D eigenvalue weighted by atomic mass is 10.0. The molecule has 0 aliphatic carbocycles. The van der Waals surface area contributed by atoms with Crippen molar-refractivity contribution in [2.24, 2.45) is 5.11 Å². The summed E-state index contributed by atoms with van der Waals surface area (Å²) in [5, 5.41) is 25.1. The maximum atomic E-state index is 9.91. The van der Waals surface area contributed by atoms with E-state index in [1.807, 2.05) is 5.38 Å². The van der Waals surface area contributed by atoms with Crippen LogP contribution in [0.2, 0.25) is 0 Å². The van der Waals surface area contributed by atoms with E-state index in [1.165, 1.54) is 11.3 Å². The van der Waals surface area contributed by atoms with Gasteiger partial charge >= 0.3 is 0 Å². The van der Waals surface area contributed by atoms with E-state index in [1.54, 1.807) is 24.3 Å². The number of hydrogen-bond donors (Lipinski definition) is 3. The Kier molecular flexibility index (Phi) is 4.54. The number of benzene rings is 1. The Labute approximate surface area is 119 Å². The van der Waals surface area contributed by atoms with Crippen molar-refractivity contribution in [1.82, 2.24) is 4.98 Å².